The lowest BCUT2D eigenvalue weighted by Gasteiger charge is -2.11. The van der Waals surface area contributed by atoms with Gasteiger partial charge in [0, 0.05) is 16.6 Å². The number of nitrogen functional groups attached to an aromatic ring is 1. The minimum Gasteiger partial charge on any atom is -0.459 e. The summed E-state index contributed by atoms with van der Waals surface area (Å²) in [4.78, 5) is 12.7. The van der Waals surface area contributed by atoms with Crippen molar-refractivity contribution < 1.29 is 14.3 Å². The number of rotatable bonds is 4. The molecule has 3 rings (SSSR count). The van der Waals surface area contributed by atoms with Crippen molar-refractivity contribution in [1.29, 1.82) is 0 Å². The molecule has 1 amide bonds. The molecular formula is C20H22N2O3. The lowest BCUT2D eigenvalue weighted by atomic mass is 10.0. The van der Waals surface area contributed by atoms with E-state index in [1.807, 2.05) is 45.0 Å². The zero-order valence-corrected chi connectivity index (χ0v) is 14.6. The van der Waals surface area contributed by atoms with Crippen LogP contribution in [0.3, 0.4) is 0 Å². The summed E-state index contributed by atoms with van der Waals surface area (Å²) in [6.45, 7) is 5.58. The van der Waals surface area contributed by atoms with E-state index in [4.69, 9.17) is 10.2 Å². The van der Waals surface area contributed by atoms with E-state index in [1.165, 1.54) is 0 Å². The lowest BCUT2D eigenvalue weighted by molar-refractivity contribution is 0.102. The number of fused-ring (bicyclic) bond motifs is 1. The number of amides is 1. The fourth-order valence-electron chi connectivity index (χ4n) is 3.16. The van der Waals surface area contributed by atoms with E-state index in [1.54, 1.807) is 12.1 Å². The molecule has 0 saturated carbocycles. The molecule has 3 aromatic rings. The monoisotopic (exact) mass is 338 g/mol. The molecular weight excluding hydrogens is 316 g/mol. The number of carbonyl (C=O) groups is 1. The van der Waals surface area contributed by atoms with Crippen molar-refractivity contribution in [3.63, 3.8) is 0 Å². The Morgan fingerprint density at radius 1 is 1.24 bits per heavy atom. The van der Waals surface area contributed by atoms with E-state index >= 15 is 0 Å². The van der Waals surface area contributed by atoms with Gasteiger partial charge < -0.3 is 20.6 Å². The molecule has 0 radical (unpaired) electrons. The smallest absolute Gasteiger partial charge is 0.258 e. The molecule has 0 aliphatic carbocycles. The van der Waals surface area contributed by atoms with Crippen molar-refractivity contribution in [1.82, 2.24) is 0 Å². The highest BCUT2D eigenvalue weighted by molar-refractivity contribution is 6.11. The summed E-state index contributed by atoms with van der Waals surface area (Å²) in [5.74, 6) is 0.371. The quantitative estimate of drug-likeness (QED) is 0.618. The number of aryl methyl sites for hydroxylation is 2. The second kappa shape index (κ2) is 6.61. The van der Waals surface area contributed by atoms with Gasteiger partial charge in [-0.2, -0.15) is 0 Å². The summed E-state index contributed by atoms with van der Waals surface area (Å²) in [5.41, 5.74) is 9.54. The minimum atomic E-state index is -0.598. The van der Waals surface area contributed by atoms with Crippen LogP contribution >= 0.6 is 0 Å². The standard InChI is InChI=1S/C20H22N2O3/c1-4-16(23)18-12(3)25-19-13(18)8-6-10-15(19)22-20(24)17-11(2)7-5-9-14(17)21/h5-10,16,23H,4,21H2,1-3H3,(H,22,24). The first-order chi connectivity index (χ1) is 11.9. The minimum absolute atomic E-state index is 0.283. The molecule has 1 heterocycles. The molecule has 1 atom stereocenters. The van der Waals surface area contributed by atoms with Gasteiger partial charge in [-0.1, -0.05) is 31.2 Å². The fraction of sp³-hybridized carbons (Fsp3) is 0.250. The summed E-state index contributed by atoms with van der Waals surface area (Å²) in [5, 5.41) is 14.0. The average Bonchev–Trinajstić information content (AvgIpc) is 2.91. The number of nitrogens with one attached hydrogen (secondary N) is 1. The molecule has 1 aromatic heterocycles. The summed E-state index contributed by atoms with van der Waals surface area (Å²) in [6, 6.07) is 10.9. The number of hydrogen-bond donors (Lipinski definition) is 3. The number of furan rings is 1. The van der Waals surface area contributed by atoms with Gasteiger partial charge in [-0.25, -0.2) is 0 Å². The lowest BCUT2D eigenvalue weighted by Crippen LogP contribution is -2.15. The first-order valence-corrected chi connectivity index (χ1v) is 8.30. The Balaban J connectivity index is 2.04. The largest absolute Gasteiger partial charge is 0.459 e. The number of hydrogen-bond acceptors (Lipinski definition) is 4. The van der Waals surface area contributed by atoms with Gasteiger partial charge in [-0.3, -0.25) is 4.79 Å². The number of aliphatic hydroxyl groups is 1. The van der Waals surface area contributed by atoms with E-state index in [0.717, 1.165) is 16.5 Å². The Bertz CT molecular complexity index is 923. The van der Waals surface area contributed by atoms with Gasteiger partial charge in [0.2, 0.25) is 0 Å². The molecule has 5 heteroatoms. The molecule has 0 aliphatic heterocycles. The number of benzene rings is 2. The number of nitrogens with two attached hydrogens (primary N) is 1. The van der Waals surface area contributed by atoms with E-state index < -0.39 is 6.10 Å². The van der Waals surface area contributed by atoms with Crippen LogP contribution < -0.4 is 11.1 Å². The van der Waals surface area contributed by atoms with E-state index in [-0.39, 0.29) is 5.91 Å². The summed E-state index contributed by atoms with van der Waals surface area (Å²) in [7, 11) is 0. The Kier molecular flexibility index (Phi) is 4.51. The van der Waals surface area contributed by atoms with Gasteiger partial charge in [0.05, 0.1) is 17.4 Å². The number of anilines is 2. The third kappa shape index (κ3) is 2.98. The molecule has 0 saturated heterocycles. The van der Waals surface area contributed by atoms with Crippen molar-refractivity contribution in [2.45, 2.75) is 33.3 Å². The van der Waals surface area contributed by atoms with Crippen molar-refractivity contribution in [3.8, 4) is 0 Å². The van der Waals surface area contributed by atoms with Crippen molar-refractivity contribution in [2.75, 3.05) is 11.1 Å². The Hall–Kier alpha value is -2.79. The number of para-hydroxylation sites is 1. The van der Waals surface area contributed by atoms with E-state index in [2.05, 4.69) is 5.32 Å². The van der Waals surface area contributed by atoms with Crippen LogP contribution in [-0.2, 0) is 0 Å². The number of aliphatic hydroxyl groups excluding tert-OH is 1. The molecule has 0 fully saturated rings. The van der Waals surface area contributed by atoms with Crippen LogP contribution in [-0.4, -0.2) is 11.0 Å². The predicted octanol–water partition coefficient (Wildman–Crippen LogP) is 4.33. The Labute approximate surface area is 146 Å². The van der Waals surface area contributed by atoms with Crippen molar-refractivity contribution in [2.24, 2.45) is 0 Å². The Morgan fingerprint density at radius 2 is 1.96 bits per heavy atom. The molecule has 0 aliphatic rings. The molecule has 0 spiro atoms. The molecule has 5 nitrogen and oxygen atoms in total. The van der Waals surface area contributed by atoms with Gasteiger partial charge >= 0.3 is 0 Å². The second-order valence-corrected chi connectivity index (χ2v) is 6.17. The second-order valence-electron chi connectivity index (χ2n) is 6.17. The third-order valence-electron chi connectivity index (χ3n) is 4.44. The van der Waals surface area contributed by atoms with Gasteiger partial charge in [0.25, 0.3) is 5.91 Å². The molecule has 25 heavy (non-hydrogen) atoms. The maximum Gasteiger partial charge on any atom is 0.258 e. The normalized spacial score (nSPS) is 12.3. The first-order valence-electron chi connectivity index (χ1n) is 8.30. The van der Waals surface area contributed by atoms with Crippen LogP contribution in [0.5, 0.6) is 0 Å². The van der Waals surface area contributed by atoms with Crippen molar-refractivity contribution >= 4 is 28.3 Å². The molecule has 0 bridgehead atoms. The van der Waals surface area contributed by atoms with Gasteiger partial charge in [0.15, 0.2) is 5.58 Å². The van der Waals surface area contributed by atoms with Crippen LogP contribution in [0.25, 0.3) is 11.0 Å². The maximum atomic E-state index is 12.7. The SMILES string of the molecule is CCC(O)c1c(C)oc2c(NC(=O)c3c(C)cccc3N)cccc12. The Morgan fingerprint density at radius 3 is 2.64 bits per heavy atom. The summed E-state index contributed by atoms with van der Waals surface area (Å²) >= 11 is 0. The molecule has 1 unspecified atom stereocenters. The van der Waals surface area contributed by atoms with Crippen LogP contribution in [0, 0.1) is 13.8 Å². The van der Waals surface area contributed by atoms with E-state index in [9.17, 15) is 9.90 Å². The zero-order chi connectivity index (χ0) is 18.1. The summed E-state index contributed by atoms with van der Waals surface area (Å²) in [6.07, 6.45) is -0.00886. The predicted molar refractivity (Wildman–Crippen MR) is 99.7 cm³/mol. The van der Waals surface area contributed by atoms with Crippen LogP contribution in [0.1, 0.15) is 46.7 Å². The molecule has 4 N–H and O–H groups in total. The van der Waals surface area contributed by atoms with E-state index in [0.29, 0.717) is 34.7 Å². The van der Waals surface area contributed by atoms with Crippen LogP contribution in [0.4, 0.5) is 11.4 Å². The average molecular weight is 338 g/mol. The highest BCUT2D eigenvalue weighted by Gasteiger charge is 2.20. The number of carbonyl (C=O) groups excluding carboxylic acids is 1. The maximum absolute atomic E-state index is 12.7. The van der Waals surface area contributed by atoms with Crippen LogP contribution in [0.2, 0.25) is 0 Å². The molecule has 130 valence electrons. The molecule has 2 aromatic carbocycles. The zero-order valence-electron chi connectivity index (χ0n) is 14.6. The topological polar surface area (TPSA) is 88.5 Å². The van der Waals surface area contributed by atoms with Gasteiger partial charge in [-0.05, 0) is 38.0 Å². The third-order valence-corrected chi connectivity index (χ3v) is 4.44. The highest BCUT2D eigenvalue weighted by Crippen LogP contribution is 2.36. The van der Waals surface area contributed by atoms with Gasteiger partial charge in [0.1, 0.15) is 5.76 Å². The summed E-state index contributed by atoms with van der Waals surface area (Å²) < 4.78 is 5.84. The fourth-order valence-corrected chi connectivity index (χ4v) is 3.16. The van der Waals surface area contributed by atoms with Crippen molar-refractivity contribution in [3.05, 3.63) is 58.8 Å². The first kappa shape index (κ1) is 17.0. The van der Waals surface area contributed by atoms with Crippen LogP contribution in [0.15, 0.2) is 40.8 Å². The highest BCUT2D eigenvalue weighted by atomic mass is 16.3. The van der Waals surface area contributed by atoms with Gasteiger partial charge in [-0.15, -0.1) is 0 Å².